The van der Waals surface area contributed by atoms with Crippen LogP contribution in [0.4, 0.5) is 10.6 Å². The molecule has 2 heterocycles. The van der Waals surface area contributed by atoms with E-state index in [-0.39, 0.29) is 11.1 Å². The summed E-state index contributed by atoms with van der Waals surface area (Å²) in [4.78, 5) is 36.4. The third-order valence-corrected chi connectivity index (χ3v) is 6.13. The van der Waals surface area contributed by atoms with Gasteiger partial charge in [0.25, 0.3) is 0 Å². The summed E-state index contributed by atoms with van der Waals surface area (Å²) < 4.78 is 0. The number of aromatic nitrogens is 2. The number of urea groups is 1. The summed E-state index contributed by atoms with van der Waals surface area (Å²) in [6.07, 6.45) is 4.48. The van der Waals surface area contributed by atoms with E-state index < -0.39 is 0 Å². The Bertz CT molecular complexity index is 916. The number of aryl methyl sites for hydroxylation is 1. The summed E-state index contributed by atoms with van der Waals surface area (Å²) in [6, 6.07) is 8.96. The monoisotopic (exact) mass is 414 g/mol. The number of benzene rings is 1. The molecule has 1 aromatic carbocycles. The molecule has 1 aromatic heterocycles. The van der Waals surface area contributed by atoms with Gasteiger partial charge in [-0.25, -0.2) is 14.8 Å². The van der Waals surface area contributed by atoms with Crippen LogP contribution in [0.2, 0.25) is 0 Å². The average Bonchev–Trinajstić information content (AvgIpc) is 2.70. The molecule has 28 heavy (non-hydrogen) atoms. The van der Waals surface area contributed by atoms with Crippen LogP contribution in [0.5, 0.6) is 0 Å². The van der Waals surface area contributed by atoms with Crippen LogP contribution in [0, 0.1) is 6.92 Å². The molecule has 0 bridgehead atoms. The zero-order valence-electron chi connectivity index (χ0n) is 16.1. The summed E-state index contributed by atoms with van der Waals surface area (Å²) in [5.74, 6) is 2.04. The topological polar surface area (TPSA) is 75.2 Å². The highest BCUT2D eigenvalue weighted by Crippen LogP contribution is 2.32. The highest BCUT2D eigenvalue weighted by molar-refractivity contribution is 8.17. The predicted molar refractivity (Wildman–Crippen MR) is 115 cm³/mol. The molecular formula is C20H22N4O2S2. The smallest absolute Gasteiger partial charge is 0.293 e. The zero-order chi connectivity index (χ0) is 20.1. The van der Waals surface area contributed by atoms with Crippen molar-refractivity contribution in [2.45, 2.75) is 26.8 Å². The van der Waals surface area contributed by atoms with Gasteiger partial charge in [-0.3, -0.25) is 15.0 Å². The van der Waals surface area contributed by atoms with Crippen molar-refractivity contribution in [1.29, 1.82) is 0 Å². The Kier molecular flexibility index (Phi) is 6.74. The minimum absolute atomic E-state index is 0.0205. The molecule has 0 unspecified atom stereocenters. The standard InChI is InChI=1S/C20H22N4O2S2/c1-13(24-12-16-11-21-14(2)22-18(16)23-20(24)26)17(9-10-27-3)28-19(25)15-7-5-4-6-8-15/h4-8,11H,9-10,12H2,1-3H3,(H,21,22,23,26)/b17-13-. The second-order valence-electron chi connectivity index (χ2n) is 6.31. The molecule has 3 rings (SSSR count). The molecule has 1 aliphatic heterocycles. The predicted octanol–water partition coefficient (Wildman–Crippen LogP) is 4.69. The second kappa shape index (κ2) is 9.25. The largest absolute Gasteiger partial charge is 0.327 e. The van der Waals surface area contributed by atoms with Crippen molar-refractivity contribution < 1.29 is 9.59 Å². The maximum absolute atomic E-state index is 12.7. The van der Waals surface area contributed by atoms with Crippen molar-refractivity contribution in [2.75, 3.05) is 17.3 Å². The fraction of sp³-hybridized carbons (Fsp3) is 0.300. The SMILES string of the molecule is CSCC/C(SC(=O)c1ccccc1)=C(\C)N1Cc2cnc(C)nc2NC1=O. The van der Waals surface area contributed by atoms with Gasteiger partial charge in [0.05, 0.1) is 6.54 Å². The van der Waals surface area contributed by atoms with Gasteiger partial charge >= 0.3 is 6.03 Å². The fourth-order valence-corrected chi connectivity index (χ4v) is 4.27. The van der Waals surface area contributed by atoms with E-state index in [1.807, 2.05) is 31.4 Å². The van der Waals surface area contributed by atoms with Crippen LogP contribution in [-0.2, 0) is 6.54 Å². The lowest BCUT2D eigenvalue weighted by Gasteiger charge is -2.30. The number of rotatable bonds is 6. The molecule has 2 amide bonds. The van der Waals surface area contributed by atoms with Crippen LogP contribution in [0.1, 0.15) is 35.1 Å². The van der Waals surface area contributed by atoms with Crippen LogP contribution in [0.15, 0.2) is 47.1 Å². The number of hydrogen-bond acceptors (Lipinski definition) is 6. The lowest BCUT2D eigenvalue weighted by molar-refractivity contribution is 0.108. The molecule has 146 valence electrons. The van der Waals surface area contributed by atoms with E-state index in [0.29, 0.717) is 23.8 Å². The molecule has 0 spiro atoms. The third-order valence-electron chi connectivity index (χ3n) is 4.35. The van der Waals surface area contributed by atoms with Crippen molar-refractivity contribution in [3.05, 3.63) is 64.1 Å². The maximum atomic E-state index is 12.7. The van der Waals surface area contributed by atoms with Gasteiger partial charge in [0.2, 0.25) is 5.12 Å². The van der Waals surface area contributed by atoms with E-state index in [4.69, 9.17) is 0 Å². The number of nitrogens with zero attached hydrogens (tertiary/aromatic N) is 3. The Morgan fingerprint density at radius 1 is 1.29 bits per heavy atom. The summed E-state index contributed by atoms with van der Waals surface area (Å²) in [7, 11) is 0. The number of nitrogens with one attached hydrogen (secondary N) is 1. The first-order chi connectivity index (χ1) is 13.5. The summed E-state index contributed by atoms with van der Waals surface area (Å²) >= 11 is 2.91. The Morgan fingerprint density at radius 2 is 2.04 bits per heavy atom. The molecule has 0 saturated carbocycles. The maximum Gasteiger partial charge on any atom is 0.327 e. The summed E-state index contributed by atoms with van der Waals surface area (Å²) in [6.45, 7) is 4.06. The van der Waals surface area contributed by atoms with E-state index in [1.165, 1.54) is 11.8 Å². The number of carbonyl (C=O) groups excluding carboxylic acids is 2. The molecule has 2 aromatic rings. The first kappa shape index (κ1) is 20.4. The summed E-state index contributed by atoms with van der Waals surface area (Å²) in [5, 5.41) is 2.81. The molecule has 8 heteroatoms. The number of anilines is 1. The van der Waals surface area contributed by atoms with Crippen LogP contribution >= 0.6 is 23.5 Å². The van der Waals surface area contributed by atoms with Gasteiger partial charge in [0.15, 0.2) is 0 Å². The molecule has 1 aliphatic rings. The zero-order valence-corrected chi connectivity index (χ0v) is 17.7. The van der Waals surface area contributed by atoms with Crippen molar-refractivity contribution >= 4 is 40.5 Å². The average molecular weight is 415 g/mol. The fourth-order valence-electron chi connectivity index (χ4n) is 2.80. The minimum Gasteiger partial charge on any atom is -0.293 e. The Hall–Kier alpha value is -2.32. The Labute approximate surface area is 173 Å². The first-order valence-corrected chi connectivity index (χ1v) is 11.1. The van der Waals surface area contributed by atoms with Gasteiger partial charge in [-0.2, -0.15) is 11.8 Å². The molecule has 0 atom stereocenters. The van der Waals surface area contributed by atoms with Crippen molar-refractivity contribution in [2.24, 2.45) is 0 Å². The number of fused-ring (bicyclic) bond motifs is 1. The molecule has 0 fully saturated rings. The summed E-state index contributed by atoms with van der Waals surface area (Å²) in [5.41, 5.74) is 2.29. The molecule has 1 N–H and O–H groups in total. The Morgan fingerprint density at radius 3 is 2.75 bits per heavy atom. The van der Waals surface area contributed by atoms with Gasteiger partial charge < -0.3 is 0 Å². The van der Waals surface area contributed by atoms with Crippen molar-refractivity contribution in [3.8, 4) is 0 Å². The molecule has 0 radical (unpaired) electrons. The number of amides is 2. The van der Waals surface area contributed by atoms with E-state index in [2.05, 4.69) is 15.3 Å². The normalized spacial score (nSPS) is 14.2. The number of allylic oxidation sites excluding steroid dienone is 2. The Balaban J connectivity index is 1.87. The van der Waals surface area contributed by atoms with Gasteiger partial charge in [-0.05, 0) is 44.0 Å². The van der Waals surface area contributed by atoms with Gasteiger partial charge in [0, 0.05) is 27.9 Å². The molecule has 0 aliphatic carbocycles. The number of thioether (sulfide) groups is 2. The van der Waals surface area contributed by atoms with E-state index in [1.54, 1.807) is 41.9 Å². The van der Waals surface area contributed by atoms with E-state index in [0.717, 1.165) is 28.3 Å². The first-order valence-electron chi connectivity index (χ1n) is 8.86. The quantitative estimate of drug-likeness (QED) is 0.739. The van der Waals surface area contributed by atoms with Crippen LogP contribution in [-0.4, -0.2) is 38.0 Å². The highest BCUT2D eigenvalue weighted by Gasteiger charge is 2.27. The van der Waals surface area contributed by atoms with E-state index in [9.17, 15) is 9.59 Å². The number of hydrogen-bond donors (Lipinski definition) is 1. The van der Waals surface area contributed by atoms with Crippen LogP contribution < -0.4 is 5.32 Å². The van der Waals surface area contributed by atoms with Crippen molar-refractivity contribution in [3.63, 3.8) is 0 Å². The highest BCUT2D eigenvalue weighted by atomic mass is 32.2. The van der Waals surface area contributed by atoms with Gasteiger partial charge in [-0.15, -0.1) is 0 Å². The number of carbonyl (C=O) groups is 2. The van der Waals surface area contributed by atoms with Crippen LogP contribution in [0.3, 0.4) is 0 Å². The lowest BCUT2D eigenvalue weighted by Crippen LogP contribution is -2.38. The molecular weight excluding hydrogens is 392 g/mol. The van der Waals surface area contributed by atoms with Crippen LogP contribution in [0.25, 0.3) is 0 Å². The van der Waals surface area contributed by atoms with Gasteiger partial charge in [0.1, 0.15) is 11.6 Å². The third kappa shape index (κ3) is 4.74. The minimum atomic E-state index is -0.238. The van der Waals surface area contributed by atoms with Crippen molar-refractivity contribution in [1.82, 2.24) is 14.9 Å². The molecule has 6 nitrogen and oxygen atoms in total. The van der Waals surface area contributed by atoms with E-state index >= 15 is 0 Å². The van der Waals surface area contributed by atoms with Gasteiger partial charge in [-0.1, -0.05) is 30.3 Å². The lowest BCUT2D eigenvalue weighted by atomic mass is 10.2. The molecule has 0 saturated heterocycles. The second-order valence-corrected chi connectivity index (χ2v) is 8.37.